The summed E-state index contributed by atoms with van der Waals surface area (Å²) in [5.41, 5.74) is 6.68. The van der Waals surface area contributed by atoms with Gasteiger partial charge in [-0.1, -0.05) is 6.58 Å². The second kappa shape index (κ2) is 3.16. The van der Waals surface area contributed by atoms with Gasteiger partial charge in [0.15, 0.2) is 0 Å². The number of hydrogen-bond acceptors (Lipinski definition) is 3. The molecule has 15 heavy (non-hydrogen) atoms. The lowest BCUT2D eigenvalue weighted by atomic mass is 10.3. The van der Waals surface area contributed by atoms with Crippen LogP contribution in [0.4, 0.5) is 5.82 Å². The second-order valence-corrected chi connectivity index (χ2v) is 3.22. The molecule has 78 valence electrons. The van der Waals surface area contributed by atoms with E-state index < -0.39 is 0 Å². The maximum Gasteiger partial charge on any atom is 0.273 e. The molecule has 0 aliphatic rings. The maximum atomic E-state index is 11.3. The fourth-order valence-electron chi connectivity index (χ4n) is 1.29. The molecule has 2 aromatic heterocycles. The Bertz CT molecular complexity index is 645. The number of nitrogen functional groups attached to an aromatic ring is 1. The molecule has 0 aromatic carbocycles. The molecule has 0 amide bonds. The van der Waals surface area contributed by atoms with Crippen molar-refractivity contribution in [2.45, 2.75) is 0 Å². The largest absolute Gasteiger partial charge is 0.383 e. The van der Waals surface area contributed by atoms with E-state index in [1.807, 2.05) is 0 Å². The number of rotatable bonds is 1. The lowest BCUT2D eigenvalue weighted by Crippen LogP contribution is -2.22. The molecule has 0 saturated heterocycles. The number of aromatic nitrogens is 4. The predicted octanol–water partition coefficient (Wildman–Crippen LogP) is -1.74. The first-order chi connectivity index (χ1) is 7.08. The van der Waals surface area contributed by atoms with E-state index >= 15 is 0 Å². The number of aromatic amines is 2. The lowest BCUT2D eigenvalue weighted by Gasteiger charge is -1.92. The van der Waals surface area contributed by atoms with E-state index in [0.29, 0.717) is 22.2 Å². The normalized spacial score (nSPS) is 12.2. The van der Waals surface area contributed by atoms with Gasteiger partial charge >= 0.3 is 0 Å². The minimum atomic E-state index is -0.219. The SMILES string of the molecule is C=c1[nH]c(=O)/c(=C/c2cnn(C)c2N)[nH]1. The number of imidazole rings is 1. The zero-order valence-corrected chi connectivity index (χ0v) is 8.24. The van der Waals surface area contributed by atoms with Crippen LogP contribution in [0.2, 0.25) is 0 Å². The average Bonchev–Trinajstić information content (AvgIpc) is 2.64. The Morgan fingerprint density at radius 2 is 2.33 bits per heavy atom. The summed E-state index contributed by atoms with van der Waals surface area (Å²) in [6, 6.07) is 0. The van der Waals surface area contributed by atoms with Crippen molar-refractivity contribution in [3.63, 3.8) is 0 Å². The highest BCUT2D eigenvalue weighted by atomic mass is 16.1. The van der Waals surface area contributed by atoms with Gasteiger partial charge in [0, 0.05) is 12.6 Å². The van der Waals surface area contributed by atoms with E-state index in [2.05, 4.69) is 21.6 Å². The second-order valence-electron chi connectivity index (χ2n) is 3.22. The van der Waals surface area contributed by atoms with E-state index in [1.54, 1.807) is 19.3 Å². The molecule has 2 heterocycles. The number of H-pyrrole nitrogens is 2. The zero-order chi connectivity index (χ0) is 11.0. The number of aryl methyl sites for hydroxylation is 1. The van der Waals surface area contributed by atoms with E-state index in [1.165, 1.54) is 4.68 Å². The molecule has 0 saturated carbocycles. The first-order valence-corrected chi connectivity index (χ1v) is 4.34. The molecule has 6 nitrogen and oxygen atoms in total. The molecule has 4 N–H and O–H groups in total. The molecule has 0 spiro atoms. The molecule has 0 aliphatic heterocycles. The van der Waals surface area contributed by atoms with Crippen LogP contribution in [0.15, 0.2) is 11.0 Å². The smallest absolute Gasteiger partial charge is 0.273 e. The average molecular weight is 205 g/mol. The van der Waals surface area contributed by atoms with Gasteiger partial charge in [0.05, 0.1) is 6.20 Å². The highest BCUT2D eigenvalue weighted by molar-refractivity contribution is 5.59. The summed E-state index contributed by atoms with van der Waals surface area (Å²) in [6.07, 6.45) is 3.23. The van der Waals surface area contributed by atoms with Gasteiger partial charge in [0.1, 0.15) is 16.6 Å². The number of anilines is 1. The van der Waals surface area contributed by atoms with Gasteiger partial charge in [-0.15, -0.1) is 0 Å². The Balaban J connectivity index is 2.65. The van der Waals surface area contributed by atoms with Crippen molar-refractivity contribution in [1.29, 1.82) is 0 Å². The van der Waals surface area contributed by atoms with Crippen LogP contribution < -0.4 is 22.1 Å². The van der Waals surface area contributed by atoms with Crippen LogP contribution in [0.3, 0.4) is 0 Å². The number of hydrogen-bond donors (Lipinski definition) is 3. The predicted molar refractivity (Wildman–Crippen MR) is 57.4 cm³/mol. The van der Waals surface area contributed by atoms with Crippen LogP contribution in [-0.2, 0) is 7.05 Å². The molecule has 2 aromatic rings. The first kappa shape index (κ1) is 9.32. The van der Waals surface area contributed by atoms with Gasteiger partial charge in [0.25, 0.3) is 5.56 Å². The molecular weight excluding hydrogens is 194 g/mol. The van der Waals surface area contributed by atoms with Gasteiger partial charge < -0.3 is 15.7 Å². The zero-order valence-electron chi connectivity index (χ0n) is 8.24. The summed E-state index contributed by atoms with van der Waals surface area (Å²) in [6.45, 7) is 3.59. The Labute approximate surface area is 84.7 Å². The summed E-state index contributed by atoms with van der Waals surface area (Å²) >= 11 is 0. The van der Waals surface area contributed by atoms with Gasteiger partial charge in [-0.2, -0.15) is 5.10 Å². The third-order valence-electron chi connectivity index (χ3n) is 2.11. The summed E-state index contributed by atoms with van der Waals surface area (Å²) in [5.74, 6) is 0.509. The molecule has 0 radical (unpaired) electrons. The minimum Gasteiger partial charge on any atom is -0.383 e. The lowest BCUT2D eigenvalue weighted by molar-refractivity contribution is 0.779. The van der Waals surface area contributed by atoms with Crippen LogP contribution in [0.25, 0.3) is 12.7 Å². The minimum absolute atomic E-state index is 0.219. The van der Waals surface area contributed by atoms with E-state index in [4.69, 9.17) is 5.73 Å². The van der Waals surface area contributed by atoms with E-state index in [0.717, 1.165) is 0 Å². The molecule has 2 rings (SSSR count). The molecule has 6 heteroatoms. The highest BCUT2D eigenvalue weighted by Gasteiger charge is 2.01. The van der Waals surface area contributed by atoms with Crippen LogP contribution in [0.5, 0.6) is 0 Å². The molecule has 0 unspecified atom stereocenters. The van der Waals surface area contributed by atoms with Gasteiger partial charge in [-0.3, -0.25) is 9.48 Å². The monoisotopic (exact) mass is 205 g/mol. The molecule has 0 atom stereocenters. The number of nitrogens with one attached hydrogen (secondary N) is 2. The Morgan fingerprint density at radius 3 is 2.80 bits per heavy atom. The van der Waals surface area contributed by atoms with Crippen molar-refractivity contribution < 1.29 is 0 Å². The fourth-order valence-corrected chi connectivity index (χ4v) is 1.29. The first-order valence-electron chi connectivity index (χ1n) is 4.34. The fraction of sp³-hybridized carbons (Fsp3) is 0.111. The van der Waals surface area contributed by atoms with Crippen molar-refractivity contribution in [2.75, 3.05) is 5.73 Å². The van der Waals surface area contributed by atoms with Crippen molar-refractivity contribution in [1.82, 2.24) is 19.7 Å². The maximum absolute atomic E-state index is 11.3. The van der Waals surface area contributed by atoms with Crippen molar-refractivity contribution in [3.8, 4) is 0 Å². The van der Waals surface area contributed by atoms with Gasteiger partial charge in [0.2, 0.25) is 0 Å². The van der Waals surface area contributed by atoms with Gasteiger partial charge in [-0.25, -0.2) is 0 Å². The molecule has 0 fully saturated rings. The molecule has 0 aliphatic carbocycles. The molecular formula is C9H11N5O. The van der Waals surface area contributed by atoms with Gasteiger partial charge in [-0.05, 0) is 6.08 Å². The molecule has 0 bridgehead atoms. The topological polar surface area (TPSA) is 92.5 Å². The van der Waals surface area contributed by atoms with E-state index in [-0.39, 0.29) is 5.56 Å². The van der Waals surface area contributed by atoms with Crippen molar-refractivity contribution in [2.24, 2.45) is 7.05 Å². The Hall–Kier alpha value is -2.24. The third kappa shape index (κ3) is 1.56. The summed E-state index contributed by atoms with van der Waals surface area (Å²) in [4.78, 5) is 16.7. The third-order valence-corrected chi connectivity index (χ3v) is 2.11. The van der Waals surface area contributed by atoms with Crippen LogP contribution in [-0.4, -0.2) is 19.7 Å². The Kier molecular flexibility index (Phi) is 1.96. The summed E-state index contributed by atoms with van der Waals surface area (Å²) in [7, 11) is 1.73. The summed E-state index contributed by atoms with van der Waals surface area (Å²) in [5, 5.41) is 4.38. The number of nitrogens with two attached hydrogens (primary N) is 1. The van der Waals surface area contributed by atoms with Crippen molar-refractivity contribution in [3.05, 3.63) is 32.9 Å². The Morgan fingerprint density at radius 1 is 1.60 bits per heavy atom. The summed E-state index contributed by atoms with van der Waals surface area (Å²) < 4.78 is 1.54. The van der Waals surface area contributed by atoms with Crippen LogP contribution in [0.1, 0.15) is 5.56 Å². The van der Waals surface area contributed by atoms with Crippen LogP contribution in [0, 0.1) is 0 Å². The van der Waals surface area contributed by atoms with Crippen molar-refractivity contribution >= 4 is 18.5 Å². The van der Waals surface area contributed by atoms with E-state index in [9.17, 15) is 4.79 Å². The standard InChI is InChI=1S/C9H11N5O/c1-5-12-7(9(15)13-5)3-6-4-11-14(2)8(6)10/h3-4,12H,1,10H2,2H3,(H,13,15)/b7-3-. The number of nitrogens with zero attached hydrogens (tertiary/aromatic N) is 2. The quantitative estimate of drug-likeness (QED) is 0.516. The highest BCUT2D eigenvalue weighted by Crippen LogP contribution is 2.08. The van der Waals surface area contributed by atoms with Crippen LogP contribution >= 0.6 is 0 Å².